The van der Waals surface area contributed by atoms with Crippen LogP contribution in [0.1, 0.15) is 88.1 Å². The van der Waals surface area contributed by atoms with Gasteiger partial charge in [-0.2, -0.15) is 0 Å². The molecule has 4 rings (SSSR count). The van der Waals surface area contributed by atoms with E-state index in [4.69, 9.17) is 9.47 Å². The second-order valence-electron chi connectivity index (χ2n) is 13.4. The minimum Gasteiger partial charge on any atom is -0.490 e. The fourth-order valence-electron chi connectivity index (χ4n) is 6.34. The SMILES string of the molecule is C[C@@H]1CCCCO[C@@H](CN(C)C(=O)Cc2ccccc2)[C@H](C)CN([C@H](C)CO)C(=O)c2cc(NC(=O)NC3CCCCC3)ccc2O1. The molecule has 47 heavy (non-hydrogen) atoms. The van der Waals surface area contributed by atoms with Gasteiger partial charge in [-0.05, 0) is 69.7 Å². The summed E-state index contributed by atoms with van der Waals surface area (Å²) in [6.45, 7) is 6.78. The first-order chi connectivity index (χ1) is 22.6. The third-order valence-electron chi connectivity index (χ3n) is 9.33. The molecule has 258 valence electrons. The lowest BCUT2D eigenvalue weighted by molar-refractivity contribution is -0.131. The van der Waals surface area contributed by atoms with Crippen LogP contribution in [0.3, 0.4) is 0 Å². The van der Waals surface area contributed by atoms with E-state index in [0.717, 1.165) is 50.5 Å². The third kappa shape index (κ3) is 11.0. The number of amides is 4. The number of urea groups is 1. The van der Waals surface area contributed by atoms with Crippen LogP contribution in [0, 0.1) is 5.92 Å². The molecule has 1 aliphatic heterocycles. The summed E-state index contributed by atoms with van der Waals surface area (Å²) in [7, 11) is 1.79. The van der Waals surface area contributed by atoms with Gasteiger partial charge in [0.25, 0.3) is 5.91 Å². The van der Waals surface area contributed by atoms with Gasteiger partial charge in [-0.1, -0.05) is 56.5 Å². The Bertz CT molecular complexity index is 1300. The van der Waals surface area contributed by atoms with Gasteiger partial charge in [-0.15, -0.1) is 0 Å². The maximum atomic E-state index is 14.4. The molecule has 4 amide bonds. The zero-order valence-electron chi connectivity index (χ0n) is 28.6. The molecular formula is C37H54N4O6. The second kappa shape index (κ2) is 18.1. The largest absolute Gasteiger partial charge is 0.490 e. The highest BCUT2D eigenvalue weighted by molar-refractivity contribution is 5.99. The number of hydrogen-bond acceptors (Lipinski definition) is 6. The minimum atomic E-state index is -0.493. The maximum Gasteiger partial charge on any atom is 0.319 e. The van der Waals surface area contributed by atoms with Crippen molar-refractivity contribution in [2.24, 2.45) is 5.92 Å². The molecule has 10 heteroatoms. The van der Waals surface area contributed by atoms with Crippen molar-refractivity contribution in [1.82, 2.24) is 15.1 Å². The van der Waals surface area contributed by atoms with Crippen molar-refractivity contribution in [2.75, 3.05) is 38.7 Å². The Labute approximate surface area is 280 Å². The van der Waals surface area contributed by atoms with E-state index in [2.05, 4.69) is 10.6 Å². The van der Waals surface area contributed by atoms with Gasteiger partial charge >= 0.3 is 6.03 Å². The lowest BCUT2D eigenvalue weighted by Gasteiger charge is -2.36. The van der Waals surface area contributed by atoms with E-state index in [1.54, 1.807) is 35.0 Å². The van der Waals surface area contributed by atoms with Crippen LogP contribution in [0.15, 0.2) is 48.5 Å². The Kier molecular flexibility index (Phi) is 13.9. The molecule has 4 atom stereocenters. The van der Waals surface area contributed by atoms with E-state index in [0.29, 0.717) is 43.1 Å². The number of aliphatic hydroxyl groups excluding tert-OH is 1. The van der Waals surface area contributed by atoms with Crippen LogP contribution in [-0.2, 0) is 16.0 Å². The average molecular weight is 651 g/mol. The summed E-state index contributed by atoms with van der Waals surface area (Å²) in [5, 5.41) is 16.2. The molecule has 0 unspecified atom stereocenters. The fourth-order valence-corrected chi connectivity index (χ4v) is 6.34. The summed E-state index contributed by atoms with van der Waals surface area (Å²) in [6.07, 6.45) is 7.65. The number of anilines is 1. The number of likely N-dealkylation sites (N-methyl/N-ethyl adjacent to an activating group) is 1. The van der Waals surface area contributed by atoms with Crippen LogP contribution in [-0.4, -0.2) is 90.4 Å². The van der Waals surface area contributed by atoms with Gasteiger partial charge in [0.05, 0.1) is 36.8 Å². The predicted molar refractivity (Wildman–Crippen MR) is 184 cm³/mol. The van der Waals surface area contributed by atoms with E-state index in [9.17, 15) is 19.5 Å². The van der Waals surface area contributed by atoms with E-state index >= 15 is 0 Å². The first kappa shape index (κ1) is 36.2. The summed E-state index contributed by atoms with van der Waals surface area (Å²) < 4.78 is 12.7. The predicted octanol–water partition coefficient (Wildman–Crippen LogP) is 5.64. The van der Waals surface area contributed by atoms with Crippen LogP contribution in [0.25, 0.3) is 0 Å². The molecule has 0 aromatic heterocycles. The first-order valence-electron chi connectivity index (χ1n) is 17.3. The monoisotopic (exact) mass is 650 g/mol. The maximum absolute atomic E-state index is 14.4. The Hall–Kier alpha value is -3.63. The molecule has 10 nitrogen and oxygen atoms in total. The lowest BCUT2D eigenvalue weighted by Crippen LogP contribution is -2.48. The van der Waals surface area contributed by atoms with Gasteiger partial charge in [0.2, 0.25) is 5.91 Å². The number of hydrogen-bond donors (Lipinski definition) is 3. The zero-order valence-corrected chi connectivity index (χ0v) is 28.6. The Morgan fingerprint density at radius 2 is 1.74 bits per heavy atom. The summed E-state index contributed by atoms with van der Waals surface area (Å²) in [6, 6.07) is 14.2. The molecule has 0 saturated heterocycles. The lowest BCUT2D eigenvalue weighted by atomic mass is 9.96. The van der Waals surface area contributed by atoms with Crippen molar-refractivity contribution in [3.05, 3.63) is 59.7 Å². The number of rotatable bonds is 8. The van der Waals surface area contributed by atoms with Crippen molar-refractivity contribution in [3.8, 4) is 5.75 Å². The van der Waals surface area contributed by atoms with Crippen LogP contribution >= 0.6 is 0 Å². The van der Waals surface area contributed by atoms with Crippen LogP contribution in [0.5, 0.6) is 5.75 Å². The summed E-state index contributed by atoms with van der Waals surface area (Å²) in [5.74, 6) is -0.0230. The molecule has 0 radical (unpaired) electrons. The summed E-state index contributed by atoms with van der Waals surface area (Å²) in [4.78, 5) is 43.7. The van der Waals surface area contributed by atoms with E-state index in [1.165, 1.54) is 6.42 Å². The molecular weight excluding hydrogens is 596 g/mol. The molecule has 1 heterocycles. The summed E-state index contributed by atoms with van der Waals surface area (Å²) >= 11 is 0. The van der Waals surface area contributed by atoms with Gasteiger partial charge < -0.3 is 35.0 Å². The number of benzene rings is 2. The molecule has 0 bridgehead atoms. The third-order valence-corrected chi connectivity index (χ3v) is 9.33. The molecule has 2 aromatic carbocycles. The topological polar surface area (TPSA) is 120 Å². The number of nitrogens with zero attached hydrogens (tertiary/aromatic N) is 2. The molecule has 1 aliphatic carbocycles. The highest BCUT2D eigenvalue weighted by atomic mass is 16.5. The van der Waals surface area contributed by atoms with Gasteiger partial charge in [-0.3, -0.25) is 9.59 Å². The van der Waals surface area contributed by atoms with Crippen LogP contribution in [0.2, 0.25) is 0 Å². The second-order valence-corrected chi connectivity index (χ2v) is 13.4. The quantitative estimate of drug-likeness (QED) is 0.340. The van der Waals surface area contributed by atoms with Crippen molar-refractivity contribution in [2.45, 2.75) is 103 Å². The molecule has 2 aliphatic rings. The molecule has 1 saturated carbocycles. The number of nitrogens with one attached hydrogen (secondary N) is 2. The highest BCUT2D eigenvalue weighted by Crippen LogP contribution is 2.29. The Morgan fingerprint density at radius 3 is 2.47 bits per heavy atom. The number of fused-ring (bicyclic) bond motifs is 1. The number of carbonyl (C=O) groups is 3. The highest BCUT2D eigenvalue weighted by Gasteiger charge is 2.31. The van der Waals surface area contributed by atoms with E-state index in [1.807, 2.05) is 51.1 Å². The van der Waals surface area contributed by atoms with Crippen molar-refractivity contribution in [1.29, 1.82) is 0 Å². The first-order valence-corrected chi connectivity index (χ1v) is 17.3. The van der Waals surface area contributed by atoms with Gasteiger partial charge in [0.1, 0.15) is 5.75 Å². The Morgan fingerprint density at radius 1 is 1.02 bits per heavy atom. The number of aliphatic hydroxyl groups is 1. The van der Waals surface area contributed by atoms with Gasteiger partial charge in [-0.25, -0.2) is 4.79 Å². The molecule has 0 spiro atoms. The van der Waals surface area contributed by atoms with Crippen molar-refractivity contribution < 1.29 is 29.0 Å². The Balaban J connectivity index is 1.56. The van der Waals surface area contributed by atoms with Gasteiger partial charge in [0.15, 0.2) is 0 Å². The smallest absolute Gasteiger partial charge is 0.319 e. The molecule has 3 N–H and O–H groups in total. The number of carbonyl (C=O) groups excluding carboxylic acids is 3. The fraction of sp³-hybridized carbons (Fsp3) is 0.595. The van der Waals surface area contributed by atoms with Crippen LogP contribution in [0.4, 0.5) is 10.5 Å². The van der Waals surface area contributed by atoms with Gasteiger partial charge in [0, 0.05) is 44.4 Å². The van der Waals surface area contributed by atoms with E-state index < -0.39 is 6.04 Å². The number of ether oxygens (including phenoxy) is 2. The molecule has 2 aromatic rings. The van der Waals surface area contributed by atoms with E-state index in [-0.39, 0.29) is 48.6 Å². The van der Waals surface area contributed by atoms with Crippen molar-refractivity contribution in [3.63, 3.8) is 0 Å². The summed E-state index contributed by atoms with van der Waals surface area (Å²) in [5.41, 5.74) is 1.77. The standard InChI is InChI=1S/C37H54N4O6/c1-26-23-41(27(2)25-42)36(44)32-22-31(39-37(45)38-30-16-9-6-10-17-30)18-19-33(32)47-28(3)13-11-12-20-46-34(26)24-40(4)35(43)21-29-14-7-5-8-15-29/h5,7-8,14-15,18-19,22,26-28,30,34,42H,6,9-13,16-17,20-21,23-25H2,1-4H3,(H2,38,39,45)/t26-,27-,28-,34+/m1/s1. The molecule has 1 fully saturated rings. The minimum absolute atomic E-state index is 0.00415. The zero-order chi connectivity index (χ0) is 33.8. The average Bonchev–Trinajstić information content (AvgIpc) is 3.06. The normalized spacial score (nSPS) is 22.3. The van der Waals surface area contributed by atoms with Crippen LogP contribution < -0.4 is 15.4 Å². The van der Waals surface area contributed by atoms with Crippen molar-refractivity contribution >= 4 is 23.5 Å².